The van der Waals surface area contributed by atoms with Gasteiger partial charge in [-0.25, -0.2) is 9.36 Å². The number of halogens is 3. The summed E-state index contributed by atoms with van der Waals surface area (Å²) >= 11 is 15.1. The summed E-state index contributed by atoms with van der Waals surface area (Å²) in [6.45, 7) is 6.68. The summed E-state index contributed by atoms with van der Waals surface area (Å²) in [5, 5.41) is 33.6. The zero-order valence-corrected chi connectivity index (χ0v) is 35.8. The predicted octanol–water partition coefficient (Wildman–Crippen LogP) is 6.08. The first-order chi connectivity index (χ1) is 25.4. The molecule has 19 heteroatoms. The molecule has 2 fully saturated rings. The van der Waals surface area contributed by atoms with Crippen LogP contribution in [0.2, 0.25) is 10.0 Å². The van der Waals surface area contributed by atoms with Crippen LogP contribution in [-0.2, 0) is 13.1 Å². The molecule has 4 heterocycles. The van der Waals surface area contributed by atoms with Gasteiger partial charge in [0.05, 0.1) is 18.8 Å². The van der Waals surface area contributed by atoms with Crippen molar-refractivity contribution in [1.29, 1.82) is 0 Å². The van der Waals surface area contributed by atoms with Crippen molar-refractivity contribution in [3.05, 3.63) is 73.4 Å². The highest BCUT2D eigenvalue weighted by atomic mass is 79.9. The molecular formula is C34H43BBrCl2N6O6P3. The molecule has 2 saturated carbocycles. The van der Waals surface area contributed by atoms with Crippen LogP contribution in [0.1, 0.15) is 70.6 Å². The summed E-state index contributed by atoms with van der Waals surface area (Å²) in [4.78, 5) is 24.5. The Morgan fingerprint density at radius 1 is 0.849 bits per heavy atom. The summed E-state index contributed by atoms with van der Waals surface area (Å²) in [6.07, 6.45) is 6.08. The molecule has 2 aromatic heterocycles. The number of amides is 2. The van der Waals surface area contributed by atoms with Crippen molar-refractivity contribution in [2.75, 3.05) is 13.2 Å². The molecule has 4 N–H and O–H groups in total. The van der Waals surface area contributed by atoms with Crippen LogP contribution >= 0.6 is 64.9 Å². The lowest BCUT2D eigenvalue weighted by atomic mass is 9.77. The van der Waals surface area contributed by atoms with E-state index in [-0.39, 0.29) is 11.8 Å². The molecule has 4 aliphatic rings. The Bertz CT molecular complexity index is 1930. The molecule has 2 aromatic carbocycles. The van der Waals surface area contributed by atoms with Crippen molar-refractivity contribution in [2.24, 2.45) is 0 Å². The predicted molar refractivity (Wildman–Crippen MR) is 222 cm³/mol. The van der Waals surface area contributed by atoms with Crippen molar-refractivity contribution in [3.63, 3.8) is 0 Å². The number of aromatic nitrogens is 4. The normalized spacial score (nSPS) is 15.3. The van der Waals surface area contributed by atoms with E-state index in [1.165, 1.54) is 0 Å². The van der Waals surface area contributed by atoms with E-state index in [1.54, 1.807) is 34.5 Å². The van der Waals surface area contributed by atoms with E-state index in [0.717, 1.165) is 81.8 Å². The standard InChI is InChI=1S/C17H18ClN3O2.C10H12BrN3O2.C7H8BClO2.H5P3/c1-10-9-11(18)3-6-13(10)14-15(16(22)19-12-4-5-12)20-21-7-2-8-23-17(14)21;11-7-8(9(15)12-6-2-3-6)13-14-4-1-5-16-10(7)14;1-5-4-6(9)2-3-7(5)8(10)11;1-3-2/h3,6,9,12H,2,4-5,7-8H2,1H3,(H,19,22);6H,1-5H2,(H,12,15);2-4,10-11H,1H3;3H,1-2H2. The number of nitrogens with zero attached hydrogens (tertiary/aromatic N) is 4. The van der Waals surface area contributed by atoms with Crippen LogP contribution in [0.15, 0.2) is 40.9 Å². The van der Waals surface area contributed by atoms with Gasteiger partial charge in [0, 0.05) is 48.1 Å². The van der Waals surface area contributed by atoms with Crippen LogP contribution in [0, 0.1) is 13.8 Å². The average Bonchev–Trinajstić information content (AvgIpc) is 4.05. The van der Waals surface area contributed by atoms with Crippen molar-refractivity contribution in [2.45, 2.75) is 77.5 Å². The molecule has 2 aliphatic heterocycles. The number of benzene rings is 2. The maximum Gasteiger partial charge on any atom is 0.488 e. The van der Waals surface area contributed by atoms with Gasteiger partial charge >= 0.3 is 7.12 Å². The third kappa shape index (κ3) is 11.4. The summed E-state index contributed by atoms with van der Waals surface area (Å²) in [6, 6.07) is 11.2. The van der Waals surface area contributed by atoms with Gasteiger partial charge in [0.15, 0.2) is 11.4 Å². The van der Waals surface area contributed by atoms with Gasteiger partial charge in [0.1, 0.15) is 4.47 Å². The number of ether oxygens (including phenoxy) is 2. The Morgan fingerprint density at radius 2 is 1.34 bits per heavy atom. The van der Waals surface area contributed by atoms with E-state index in [2.05, 4.69) is 54.6 Å². The molecule has 0 radical (unpaired) electrons. The van der Waals surface area contributed by atoms with Crippen LogP contribution < -0.4 is 25.6 Å². The van der Waals surface area contributed by atoms with Crippen molar-refractivity contribution >= 4 is 89.3 Å². The molecule has 0 spiro atoms. The van der Waals surface area contributed by atoms with Crippen LogP contribution in [0.5, 0.6) is 11.8 Å². The maximum atomic E-state index is 12.6. The highest BCUT2D eigenvalue weighted by Gasteiger charge is 2.32. The minimum Gasteiger partial charge on any atom is -0.477 e. The quantitative estimate of drug-likeness (QED) is 0.134. The van der Waals surface area contributed by atoms with Gasteiger partial charge in [-0.3, -0.25) is 9.59 Å². The Balaban J connectivity index is 0.000000157. The van der Waals surface area contributed by atoms with Gasteiger partial charge in [-0.2, -0.15) is 10.2 Å². The van der Waals surface area contributed by atoms with E-state index in [9.17, 15) is 9.59 Å². The van der Waals surface area contributed by atoms with Crippen LogP contribution in [0.25, 0.3) is 11.1 Å². The lowest BCUT2D eigenvalue weighted by Gasteiger charge is -2.16. The topological polar surface area (TPSA) is 153 Å². The van der Waals surface area contributed by atoms with Gasteiger partial charge in [-0.05, 0) is 102 Å². The summed E-state index contributed by atoms with van der Waals surface area (Å²) < 4.78 is 15.5. The molecule has 53 heavy (non-hydrogen) atoms. The third-order valence-corrected chi connectivity index (χ3v) is 9.67. The minimum absolute atomic E-state index is 0.111. The maximum absolute atomic E-state index is 12.6. The molecule has 284 valence electrons. The minimum atomic E-state index is -1.41. The largest absolute Gasteiger partial charge is 0.488 e. The van der Waals surface area contributed by atoms with Gasteiger partial charge in [0.25, 0.3) is 11.8 Å². The number of nitrogens with one attached hydrogen (secondary N) is 2. The first-order valence-corrected chi connectivity index (χ1v) is 23.4. The molecule has 0 saturated heterocycles. The third-order valence-electron chi connectivity index (χ3n) is 8.49. The SMILES string of the molecule is Cc1cc(Cl)ccc1-c1c(C(=O)NC2CC2)nn2c1OCCC2.Cc1cc(Cl)ccc1B(O)O.O=C(NC1CC1)c1nn2c(c1Br)OCCC2.PPP. The molecule has 0 bridgehead atoms. The van der Waals surface area contributed by atoms with E-state index in [0.29, 0.717) is 68.4 Å². The van der Waals surface area contributed by atoms with Gasteiger partial charge in [0.2, 0.25) is 11.8 Å². The second-order valence-corrected chi connectivity index (χ2v) is 18.8. The number of rotatable bonds is 6. The van der Waals surface area contributed by atoms with Crippen LogP contribution in [0.4, 0.5) is 0 Å². The van der Waals surface area contributed by atoms with Crippen molar-refractivity contribution in [3.8, 4) is 22.9 Å². The Morgan fingerprint density at radius 3 is 1.85 bits per heavy atom. The lowest BCUT2D eigenvalue weighted by molar-refractivity contribution is 0.0936. The second-order valence-electron chi connectivity index (χ2n) is 12.8. The zero-order chi connectivity index (χ0) is 38.2. The monoisotopic (exact) mass is 884 g/mol. The summed E-state index contributed by atoms with van der Waals surface area (Å²) in [5.74, 6) is 1.12. The van der Waals surface area contributed by atoms with Crippen molar-refractivity contribution in [1.82, 2.24) is 30.2 Å². The van der Waals surface area contributed by atoms with Gasteiger partial charge in [-0.1, -0.05) is 43.3 Å². The summed E-state index contributed by atoms with van der Waals surface area (Å²) in [5.41, 5.74) is 4.88. The highest BCUT2D eigenvalue weighted by molar-refractivity contribution is 9.10. The zero-order valence-electron chi connectivity index (χ0n) is 29.4. The Kier molecular flexibility index (Phi) is 15.5. The van der Waals surface area contributed by atoms with Gasteiger partial charge in [-0.15, -0.1) is 17.9 Å². The van der Waals surface area contributed by atoms with Gasteiger partial charge < -0.3 is 30.2 Å². The molecule has 2 atom stereocenters. The number of fused-ring (bicyclic) bond motifs is 2. The molecule has 4 aromatic rings. The van der Waals surface area contributed by atoms with E-state index in [1.807, 2.05) is 25.1 Å². The number of aryl methyl sites for hydroxylation is 4. The fourth-order valence-corrected chi connectivity index (χ4v) is 6.60. The van der Waals surface area contributed by atoms with E-state index in [4.69, 9.17) is 42.7 Å². The smallest absolute Gasteiger partial charge is 0.477 e. The second kappa shape index (κ2) is 19.5. The van der Waals surface area contributed by atoms with Crippen LogP contribution in [0.3, 0.4) is 0 Å². The number of hydrogen-bond donors (Lipinski definition) is 4. The number of carbonyl (C=O) groups excluding carboxylic acids is 2. The van der Waals surface area contributed by atoms with E-state index >= 15 is 0 Å². The molecule has 2 aliphatic carbocycles. The fourth-order valence-electron chi connectivity index (χ4n) is 5.57. The first kappa shape index (κ1) is 41.9. The Labute approximate surface area is 334 Å². The molecule has 2 amide bonds. The molecule has 12 nitrogen and oxygen atoms in total. The Hall–Kier alpha value is -2.27. The van der Waals surface area contributed by atoms with Crippen LogP contribution in [-0.4, -0.2) is 73.8 Å². The molecule has 2 unspecified atom stereocenters. The molecule has 8 rings (SSSR count). The summed E-state index contributed by atoms with van der Waals surface area (Å²) in [7, 11) is 4.65. The van der Waals surface area contributed by atoms with E-state index < -0.39 is 7.12 Å². The number of carbonyl (C=O) groups is 2. The first-order valence-electron chi connectivity index (χ1n) is 17.2. The number of hydrogen-bond acceptors (Lipinski definition) is 8. The fraction of sp³-hybridized carbons (Fsp3) is 0.412. The van der Waals surface area contributed by atoms with Crippen molar-refractivity contribution < 1.29 is 29.1 Å². The molecular weight excluding hydrogens is 843 g/mol. The lowest BCUT2D eigenvalue weighted by Crippen LogP contribution is -2.31. The highest BCUT2D eigenvalue weighted by Crippen LogP contribution is 2.38. The average molecular weight is 886 g/mol.